The molecule has 4 nitrogen and oxygen atoms in total. The highest BCUT2D eigenvalue weighted by Crippen LogP contribution is 2.48. The van der Waals surface area contributed by atoms with Gasteiger partial charge in [0.2, 0.25) is 0 Å². The van der Waals surface area contributed by atoms with Crippen molar-refractivity contribution in [3.8, 4) is 0 Å². The third-order valence-corrected chi connectivity index (χ3v) is 2.72. The first kappa shape index (κ1) is 10.4. The Morgan fingerprint density at radius 3 is 2.73 bits per heavy atom. The SMILES string of the molecule is CCOC(=O)C1(c2cnc(Cl)cn2)CC1. The molecule has 0 atom stereocenters. The summed E-state index contributed by atoms with van der Waals surface area (Å²) in [4.78, 5) is 19.7. The van der Waals surface area contributed by atoms with Gasteiger partial charge >= 0.3 is 5.97 Å². The van der Waals surface area contributed by atoms with Crippen molar-refractivity contribution in [2.24, 2.45) is 0 Å². The van der Waals surface area contributed by atoms with E-state index in [1.807, 2.05) is 0 Å². The number of aromatic nitrogens is 2. The van der Waals surface area contributed by atoms with E-state index in [0.717, 1.165) is 12.8 Å². The Hall–Kier alpha value is -1.16. The summed E-state index contributed by atoms with van der Waals surface area (Å²) < 4.78 is 5.01. The van der Waals surface area contributed by atoms with Crippen molar-refractivity contribution < 1.29 is 9.53 Å². The zero-order valence-electron chi connectivity index (χ0n) is 8.36. The zero-order valence-corrected chi connectivity index (χ0v) is 9.12. The van der Waals surface area contributed by atoms with Crippen LogP contribution >= 0.6 is 11.6 Å². The third-order valence-electron chi connectivity index (χ3n) is 2.53. The van der Waals surface area contributed by atoms with E-state index < -0.39 is 5.41 Å². The minimum atomic E-state index is -0.548. The fraction of sp³-hybridized carbons (Fsp3) is 0.500. The molecule has 0 bridgehead atoms. The second kappa shape index (κ2) is 3.77. The monoisotopic (exact) mass is 226 g/mol. The highest BCUT2D eigenvalue weighted by atomic mass is 35.5. The first-order valence-electron chi connectivity index (χ1n) is 4.84. The van der Waals surface area contributed by atoms with Crippen molar-refractivity contribution in [3.05, 3.63) is 23.2 Å². The van der Waals surface area contributed by atoms with Crippen LogP contribution in [0.3, 0.4) is 0 Å². The Morgan fingerprint density at radius 1 is 1.53 bits per heavy atom. The van der Waals surface area contributed by atoms with Crippen LogP contribution in [-0.2, 0) is 14.9 Å². The van der Waals surface area contributed by atoms with Crippen LogP contribution in [0.25, 0.3) is 0 Å². The molecule has 80 valence electrons. The molecule has 0 spiro atoms. The van der Waals surface area contributed by atoms with Gasteiger partial charge in [0, 0.05) is 0 Å². The molecule has 15 heavy (non-hydrogen) atoms. The normalized spacial score (nSPS) is 17.2. The number of carbonyl (C=O) groups is 1. The molecule has 1 aliphatic rings. The van der Waals surface area contributed by atoms with E-state index in [2.05, 4.69) is 9.97 Å². The molecule has 0 unspecified atom stereocenters. The lowest BCUT2D eigenvalue weighted by atomic mass is 10.0. The van der Waals surface area contributed by atoms with E-state index in [0.29, 0.717) is 17.5 Å². The lowest BCUT2D eigenvalue weighted by Crippen LogP contribution is -2.24. The molecule has 0 radical (unpaired) electrons. The van der Waals surface area contributed by atoms with Gasteiger partial charge in [0.25, 0.3) is 0 Å². The summed E-state index contributed by atoms with van der Waals surface area (Å²) in [5.41, 5.74) is 0.110. The van der Waals surface area contributed by atoms with Crippen LogP contribution in [0.2, 0.25) is 5.15 Å². The highest BCUT2D eigenvalue weighted by molar-refractivity contribution is 6.29. The number of hydrogen-bond acceptors (Lipinski definition) is 4. The summed E-state index contributed by atoms with van der Waals surface area (Å²) in [5.74, 6) is -0.207. The van der Waals surface area contributed by atoms with Crippen LogP contribution in [-0.4, -0.2) is 22.5 Å². The molecule has 1 aliphatic carbocycles. The van der Waals surface area contributed by atoms with E-state index >= 15 is 0 Å². The Balaban J connectivity index is 2.22. The summed E-state index contributed by atoms with van der Waals surface area (Å²) in [6.07, 6.45) is 4.56. The van der Waals surface area contributed by atoms with Crippen LogP contribution in [0.5, 0.6) is 0 Å². The second-order valence-electron chi connectivity index (χ2n) is 3.53. The fourth-order valence-corrected chi connectivity index (χ4v) is 1.62. The Bertz CT molecular complexity index is 374. The van der Waals surface area contributed by atoms with E-state index in [4.69, 9.17) is 16.3 Å². The number of hydrogen-bond donors (Lipinski definition) is 0. The lowest BCUT2D eigenvalue weighted by Gasteiger charge is -2.12. The minimum Gasteiger partial charge on any atom is -0.465 e. The number of esters is 1. The molecular formula is C10H11ClN2O2. The molecule has 1 aromatic heterocycles. The maximum Gasteiger partial charge on any atom is 0.318 e. The first-order chi connectivity index (χ1) is 7.19. The maximum atomic E-state index is 11.7. The maximum absolute atomic E-state index is 11.7. The molecule has 0 saturated heterocycles. The molecule has 0 aromatic carbocycles. The molecule has 1 heterocycles. The predicted octanol–water partition coefficient (Wildman–Crippen LogP) is 1.72. The topological polar surface area (TPSA) is 52.1 Å². The second-order valence-corrected chi connectivity index (χ2v) is 3.91. The van der Waals surface area contributed by atoms with Gasteiger partial charge in [0.15, 0.2) is 0 Å². The lowest BCUT2D eigenvalue weighted by molar-refractivity contribution is -0.146. The van der Waals surface area contributed by atoms with E-state index in [-0.39, 0.29) is 5.97 Å². The summed E-state index contributed by atoms with van der Waals surface area (Å²) >= 11 is 5.63. The van der Waals surface area contributed by atoms with Gasteiger partial charge in [0.1, 0.15) is 10.6 Å². The van der Waals surface area contributed by atoms with Crippen LogP contribution in [0, 0.1) is 0 Å². The summed E-state index contributed by atoms with van der Waals surface area (Å²) in [5, 5.41) is 0.332. The van der Waals surface area contributed by atoms with Gasteiger partial charge in [-0.3, -0.25) is 9.78 Å². The molecule has 0 amide bonds. The average molecular weight is 227 g/mol. The van der Waals surface area contributed by atoms with Crippen LogP contribution in [0.15, 0.2) is 12.4 Å². The van der Waals surface area contributed by atoms with Gasteiger partial charge in [-0.05, 0) is 19.8 Å². The van der Waals surface area contributed by atoms with Crippen molar-refractivity contribution in [3.63, 3.8) is 0 Å². The number of carbonyl (C=O) groups excluding carboxylic acids is 1. The minimum absolute atomic E-state index is 0.207. The quantitative estimate of drug-likeness (QED) is 0.737. The predicted molar refractivity (Wildman–Crippen MR) is 54.6 cm³/mol. The van der Waals surface area contributed by atoms with Crippen molar-refractivity contribution in [2.75, 3.05) is 6.61 Å². The fourth-order valence-electron chi connectivity index (χ4n) is 1.52. The average Bonchev–Trinajstić information content (AvgIpc) is 3.00. The summed E-state index contributed by atoms with van der Waals surface area (Å²) in [7, 11) is 0. The van der Waals surface area contributed by atoms with Crippen molar-refractivity contribution in [1.82, 2.24) is 9.97 Å². The smallest absolute Gasteiger partial charge is 0.318 e. The third kappa shape index (κ3) is 1.81. The molecule has 1 aromatic rings. The number of rotatable bonds is 3. The van der Waals surface area contributed by atoms with E-state index in [9.17, 15) is 4.79 Å². The molecule has 1 fully saturated rings. The van der Waals surface area contributed by atoms with Crippen molar-refractivity contribution >= 4 is 17.6 Å². The van der Waals surface area contributed by atoms with E-state index in [1.54, 1.807) is 13.1 Å². The highest BCUT2D eigenvalue weighted by Gasteiger charge is 2.54. The van der Waals surface area contributed by atoms with Gasteiger partial charge in [0.05, 0.1) is 24.7 Å². The van der Waals surface area contributed by atoms with Crippen LogP contribution in [0.4, 0.5) is 0 Å². The van der Waals surface area contributed by atoms with Crippen molar-refractivity contribution in [2.45, 2.75) is 25.2 Å². The first-order valence-corrected chi connectivity index (χ1v) is 5.22. The standard InChI is InChI=1S/C10H11ClN2O2/c1-2-15-9(14)10(3-4-10)7-5-13-8(11)6-12-7/h5-6H,2-4H2,1H3. The Labute approximate surface area is 92.6 Å². The molecular weight excluding hydrogens is 216 g/mol. The Kier molecular flexibility index (Phi) is 2.61. The Morgan fingerprint density at radius 2 is 2.27 bits per heavy atom. The largest absolute Gasteiger partial charge is 0.465 e. The van der Waals surface area contributed by atoms with Crippen molar-refractivity contribution in [1.29, 1.82) is 0 Å². The van der Waals surface area contributed by atoms with Gasteiger partial charge in [-0.25, -0.2) is 4.98 Å². The number of halogens is 1. The molecule has 2 rings (SSSR count). The number of ether oxygens (including phenoxy) is 1. The summed E-state index contributed by atoms with van der Waals surface area (Å²) in [6, 6.07) is 0. The van der Waals surface area contributed by atoms with Gasteiger partial charge < -0.3 is 4.74 Å². The molecule has 0 aliphatic heterocycles. The van der Waals surface area contributed by atoms with Gasteiger partial charge in [-0.15, -0.1) is 0 Å². The zero-order chi connectivity index (χ0) is 10.9. The molecule has 1 saturated carbocycles. The van der Waals surface area contributed by atoms with Gasteiger partial charge in [-0.1, -0.05) is 11.6 Å². The van der Waals surface area contributed by atoms with Crippen LogP contribution in [0.1, 0.15) is 25.5 Å². The van der Waals surface area contributed by atoms with E-state index in [1.165, 1.54) is 6.20 Å². The number of nitrogens with zero attached hydrogens (tertiary/aromatic N) is 2. The summed E-state index contributed by atoms with van der Waals surface area (Å²) in [6.45, 7) is 2.18. The van der Waals surface area contributed by atoms with Crippen LogP contribution < -0.4 is 0 Å². The molecule has 0 N–H and O–H groups in total. The van der Waals surface area contributed by atoms with Gasteiger partial charge in [-0.2, -0.15) is 0 Å². The molecule has 5 heteroatoms.